The van der Waals surface area contributed by atoms with Gasteiger partial charge in [0.15, 0.2) is 0 Å². The molecule has 3 nitrogen and oxygen atoms in total. The van der Waals surface area contributed by atoms with Gasteiger partial charge in [0.25, 0.3) is 0 Å². The van der Waals surface area contributed by atoms with Crippen LogP contribution < -0.4 is 4.90 Å². The summed E-state index contributed by atoms with van der Waals surface area (Å²) in [6, 6.07) is 0.650. The number of aromatic nitrogens is 2. The van der Waals surface area contributed by atoms with Gasteiger partial charge in [0.1, 0.15) is 6.33 Å². The zero-order valence-corrected chi connectivity index (χ0v) is 10.6. The highest BCUT2D eigenvalue weighted by atomic mass is 79.9. The van der Waals surface area contributed by atoms with Gasteiger partial charge in [-0.05, 0) is 19.3 Å². The lowest BCUT2D eigenvalue weighted by Crippen LogP contribution is -2.30. The van der Waals surface area contributed by atoms with E-state index < -0.39 is 0 Å². The van der Waals surface area contributed by atoms with Gasteiger partial charge in [0, 0.05) is 28.9 Å². The van der Waals surface area contributed by atoms with Gasteiger partial charge < -0.3 is 4.90 Å². The molecule has 1 aliphatic heterocycles. The van der Waals surface area contributed by atoms with Crippen molar-refractivity contribution < 1.29 is 0 Å². The van der Waals surface area contributed by atoms with Gasteiger partial charge in [-0.15, -0.1) is 0 Å². The van der Waals surface area contributed by atoms with Gasteiger partial charge in [-0.25, -0.2) is 4.98 Å². The van der Waals surface area contributed by atoms with Crippen LogP contribution in [0.5, 0.6) is 0 Å². The van der Waals surface area contributed by atoms with E-state index in [-0.39, 0.29) is 0 Å². The standard InChI is InChI=1S/C9H14BrN3S/c1-7(10)5-8-3-2-4-13(8)9-11-6-12-14-9/h6-8H,2-5H2,1H3. The average molecular weight is 276 g/mol. The Morgan fingerprint density at radius 1 is 1.79 bits per heavy atom. The van der Waals surface area contributed by atoms with Crippen LogP contribution >= 0.6 is 27.5 Å². The van der Waals surface area contributed by atoms with Crippen LogP contribution in [-0.2, 0) is 0 Å². The molecule has 0 N–H and O–H groups in total. The van der Waals surface area contributed by atoms with Crippen molar-refractivity contribution in [1.82, 2.24) is 9.36 Å². The van der Waals surface area contributed by atoms with Crippen molar-refractivity contribution in [2.75, 3.05) is 11.4 Å². The van der Waals surface area contributed by atoms with E-state index in [1.165, 1.54) is 30.8 Å². The third-order valence-corrected chi connectivity index (χ3v) is 3.65. The van der Waals surface area contributed by atoms with Crippen molar-refractivity contribution in [1.29, 1.82) is 0 Å². The van der Waals surface area contributed by atoms with Crippen LogP contribution in [0.25, 0.3) is 0 Å². The van der Waals surface area contributed by atoms with Crippen molar-refractivity contribution in [2.24, 2.45) is 0 Å². The van der Waals surface area contributed by atoms with Crippen molar-refractivity contribution in [3.05, 3.63) is 6.33 Å². The van der Waals surface area contributed by atoms with Crippen molar-refractivity contribution in [2.45, 2.75) is 37.1 Å². The second kappa shape index (κ2) is 4.57. The first-order valence-electron chi connectivity index (χ1n) is 4.95. The maximum absolute atomic E-state index is 4.27. The van der Waals surface area contributed by atoms with E-state index in [2.05, 4.69) is 37.1 Å². The fourth-order valence-electron chi connectivity index (χ4n) is 2.00. The van der Waals surface area contributed by atoms with E-state index in [1.54, 1.807) is 6.33 Å². The summed E-state index contributed by atoms with van der Waals surface area (Å²) in [6.07, 6.45) is 5.41. The zero-order chi connectivity index (χ0) is 9.97. The van der Waals surface area contributed by atoms with Crippen molar-refractivity contribution in [3.8, 4) is 0 Å². The van der Waals surface area contributed by atoms with Crippen molar-refractivity contribution >= 4 is 32.6 Å². The van der Waals surface area contributed by atoms with Gasteiger partial charge in [-0.3, -0.25) is 0 Å². The molecule has 2 heterocycles. The number of halogens is 1. The summed E-state index contributed by atoms with van der Waals surface area (Å²) in [6.45, 7) is 3.34. The fraction of sp³-hybridized carbons (Fsp3) is 0.778. The normalized spacial score (nSPS) is 24.1. The molecule has 2 rings (SSSR count). The second-order valence-electron chi connectivity index (χ2n) is 3.73. The van der Waals surface area contributed by atoms with Gasteiger partial charge in [-0.2, -0.15) is 4.37 Å². The number of hydrogen-bond donors (Lipinski definition) is 0. The number of anilines is 1. The molecule has 0 bridgehead atoms. The maximum atomic E-state index is 4.27. The minimum Gasteiger partial charge on any atom is -0.344 e. The Kier molecular flexibility index (Phi) is 3.38. The smallest absolute Gasteiger partial charge is 0.205 e. The first kappa shape index (κ1) is 10.4. The summed E-state index contributed by atoms with van der Waals surface area (Å²) >= 11 is 5.12. The molecular formula is C9H14BrN3S. The summed E-state index contributed by atoms with van der Waals surface area (Å²) in [5.74, 6) is 0. The molecule has 0 aliphatic carbocycles. The summed E-state index contributed by atoms with van der Waals surface area (Å²) in [5.41, 5.74) is 0. The number of nitrogens with zero attached hydrogens (tertiary/aromatic N) is 3. The van der Waals surface area contributed by atoms with Crippen LogP contribution in [0.2, 0.25) is 0 Å². The Hall–Kier alpha value is -0.160. The molecule has 0 aromatic carbocycles. The van der Waals surface area contributed by atoms with Crippen LogP contribution in [0.3, 0.4) is 0 Å². The SMILES string of the molecule is CC(Br)CC1CCCN1c1ncns1. The molecule has 0 spiro atoms. The Bertz CT molecular complexity index is 276. The van der Waals surface area contributed by atoms with Gasteiger partial charge in [0.05, 0.1) is 0 Å². The Morgan fingerprint density at radius 2 is 2.64 bits per heavy atom. The topological polar surface area (TPSA) is 29.0 Å². The van der Waals surface area contributed by atoms with Gasteiger partial charge >= 0.3 is 0 Å². The maximum Gasteiger partial charge on any atom is 0.205 e. The molecule has 1 aromatic heterocycles. The molecule has 1 fully saturated rings. The van der Waals surface area contributed by atoms with Crippen molar-refractivity contribution in [3.63, 3.8) is 0 Å². The first-order chi connectivity index (χ1) is 6.77. The van der Waals surface area contributed by atoms with E-state index in [1.807, 2.05) is 0 Å². The molecule has 14 heavy (non-hydrogen) atoms. The van der Waals surface area contributed by atoms with Crippen LogP contribution in [0.4, 0.5) is 5.13 Å². The zero-order valence-electron chi connectivity index (χ0n) is 8.19. The van der Waals surface area contributed by atoms with Crippen LogP contribution in [0, 0.1) is 0 Å². The van der Waals surface area contributed by atoms with Gasteiger partial charge in [-0.1, -0.05) is 22.9 Å². The molecular weight excluding hydrogens is 262 g/mol. The summed E-state index contributed by atoms with van der Waals surface area (Å²) in [7, 11) is 0. The minimum atomic E-state index is 0.584. The quantitative estimate of drug-likeness (QED) is 0.795. The van der Waals surface area contributed by atoms with E-state index in [4.69, 9.17) is 0 Å². The largest absolute Gasteiger partial charge is 0.344 e. The molecule has 5 heteroatoms. The molecule has 1 aliphatic rings. The molecule has 0 saturated carbocycles. The van der Waals surface area contributed by atoms with E-state index in [9.17, 15) is 0 Å². The third kappa shape index (κ3) is 2.25. The highest BCUT2D eigenvalue weighted by Crippen LogP contribution is 2.29. The highest BCUT2D eigenvalue weighted by Gasteiger charge is 2.27. The van der Waals surface area contributed by atoms with E-state index in [0.29, 0.717) is 10.9 Å². The third-order valence-electron chi connectivity index (χ3n) is 2.57. The summed E-state index contributed by atoms with van der Waals surface area (Å²) < 4.78 is 4.06. The Balaban J connectivity index is 2.04. The fourth-order valence-corrected chi connectivity index (χ4v) is 3.06. The molecule has 1 aromatic rings. The monoisotopic (exact) mass is 275 g/mol. The first-order valence-corrected chi connectivity index (χ1v) is 6.63. The number of rotatable bonds is 3. The lowest BCUT2D eigenvalue weighted by molar-refractivity contribution is 0.611. The minimum absolute atomic E-state index is 0.584. The molecule has 2 unspecified atom stereocenters. The molecule has 78 valence electrons. The Morgan fingerprint density at radius 3 is 3.29 bits per heavy atom. The van der Waals surface area contributed by atoms with E-state index in [0.717, 1.165) is 11.7 Å². The molecule has 2 atom stereocenters. The lowest BCUT2D eigenvalue weighted by atomic mass is 10.1. The van der Waals surface area contributed by atoms with Crippen LogP contribution in [0.15, 0.2) is 6.33 Å². The van der Waals surface area contributed by atoms with E-state index >= 15 is 0 Å². The number of hydrogen-bond acceptors (Lipinski definition) is 4. The molecule has 0 amide bonds. The predicted octanol–water partition coefficient (Wildman–Crippen LogP) is 2.68. The lowest BCUT2D eigenvalue weighted by Gasteiger charge is -2.24. The molecule has 1 saturated heterocycles. The van der Waals surface area contributed by atoms with Gasteiger partial charge in [0.2, 0.25) is 5.13 Å². The highest BCUT2D eigenvalue weighted by molar-refractivity contribution is 9.09. The van der Waals surface area contributed by atoms with Crippen LogP contribution in [0.1, 0.15) is 26.2 Å². The second-order valence-corrected chi connectivity index (χ2v) is 6.05. The number of alkyl halides is 1. The average Bonchev–Trinajstić information content (AvgIpc) is 2.70. The Labute approximate surface area is 96.8 Å². The molecule has 0 radical (unpaired) electrons. The summed E-state index contributed by atoms with van der Waals surface area (Å²) in [5, 5.41) is 1.08. The predicted molar refractivity (Wildman–Crippen MR) is 63.3 cm³/mol. The van der Waals surface area contributed by atoms with Crippen LogP contribution in [-0.4, -0.2) is 26.8 Å². The summed E-state index contributed by atoms with van der Waals surface area (Å²) in [4.78, 5) is 7.26.